The van der Waals surface area contributed by atoms with Crippen LogP contribution in [0.3, 0.4) is 0 Å². The van der Waals surface area contributed by atoms with Crippen LogP contribution in [0, 0.1) is 0 Å². The molecule has 2 aromatic carbocycles. The average molecular weight is 538 g/mol. The summed E-state index contributed by atoms with van der Waals surface area (Å²) in [5.41, 5.74) is 3.73. The van der Waals surface area contributed by atoms with Crippen LogP contribution in [0.15, 0.2) is 48.7 Å². The van der Waals surface area contributed by atoms with Crippen LogP contribution in [0.4, 0.5) is 0 Å². The first-order chi connectivity index (χ1) is 18.4. The maximum Gasteiger partial charge on any atom is 0.255 e. The topological polar surface area (TPSA) is 88.2 Å². The van der Waals surface area contributed by atoms with Gasteiger partial charge in [-0.15, -0.1) is 0 Å². The molecule has 0 radical (unpaired) electrons. The fourth-order valence-electron chi connectivity index (χ4n) is 5.16. The van der Waals surface area contributed by atoms with E-state index in [1.54, 1.807) is 29.2 Å². The van der Waals surface area contributed by atoms with E-state index in [2.05, 4.69) is 16.8 Å². The Balaban J connectivity index is 1.17. The van der Waals surface area contributed by atoms with Gasteiger partial charge in [0.05, 0.1) is 18.2 Å². The van der Waals surface area contributed by atoms with Crippen LogP contribution >= 0.6 is 11.6 Å². The van der Waals surface area contributed by atoms with Crippen LogP contribution in [0.2, 0.25) is 5.02 Å². The van der Waals surface area contributed by atoms with E-state index in [1.807, 2.05) is 12.1 Å². The Morgan fingerprint density at radius 3 is 2.76 bits per heavy atom. The third-order valence-electron chi connectivity index (χ3n) is 7.36. The van der Waals surface area contributed by atoms with Crippen LogP contribution < -0.4 is 10.1 Å². The predicted molar refractivity (Wildman–Crippen MR) is 143 cm³/mol. The van der Waals surface area contributed by atoms with E-state index in [-0.39, 0.29) is 17.6 Å². The van der Waals surface area contributed by atoms with E-state index in [9.17, 15) is 14.4 Å². The number of fused-ring (bicyclic) bond motifs is 1. The van der Waals surface area contributed by atoms with Crippen LogP contribution in [-0.4, -0.2) is 72.9 Å². The third-order valence-corrected chi connectivity index (χ3v) is 7.67. The molecule has 200 valence electrons. The molecule has 38 heavy (non-hydrogen) atoms. The van der Waals surface area contributed by atoms with Crippen molar-refractivity contribution in [3.05, 3.63) is 76.0 Å². The molecule has 8 nitrogen and oxygen atoms in total. The standard InChI is InChI=1S/C29H32ClN3O5/c1-19-2-8-25(28(35)31-19)33-18-22-16-20(3-6-23(22)29(33)36)4-9-26(34)21-5-7-24(30)27(17-21)38-15-12-32-10-13-37-14-11-32/h3,5-7,16-17,25H,1-2,4,8-15,18H2,(H,31,35). The van der Waals surface area contributed by atoms with Crippen molar-refractivity contribution in [3.8, 4) is 5.75 Å². The number of ketones is 1. The molecule has 2 aromatic rings. The number of morpholine rings is 1. The van der Waals surface area contributed by atoms with E-state index >= 15 is 0 Å². The zero-order valence-corrected chi connectivity index (χ0v) is 22.1. The molecule has 2 amide bonds. The van der Waals surface area contributed by atoms with Crippen molar-refractivity contribution in [3.63, 3.8) is 0 Å². The minimum absolute atomic E-state index is 0.00277. The smallest absolute Gasteiger partial charge is 0.255 e. The number of aryl methyl sites for hydroxylation is 1. The van der Waals surface area contributed by atoms with Crippen LogP contribution in [0.25, 0.3) is 0 Å². The van der Waals surface area contributed by atoms with Gasteiger partial charge in [0.2, 0.25) is 5.91 Å². The second kappa shape index (κ2) is 11.7. The maximum atomic E-state index is 13.0. The number of allylic oxidation sites excluding steroid dienone is 1. The number of carbonyl (C=O) groups is 3. The SMILES string of the molecule is C=C1CCC(N2Cc3cc(CCC(=O)c4ccc(Cl)c(OCCN5CCOCC5)c4)ccc3C2=O)C(=O)N1. The predicted octanol–water partition coefficient (Wildman–Crippen LogP) is 3.61. The lowest BCUT2D eigenvalue weighted by Gasteiger charge is -2.30. The van der Waals surface area contributed by atoms with Crippen LogP contribution in [0.5, 0.6) is 5.75 Å². The second-order valence-corrected chi connectivity index (χ2v) is 10.3. The number of amides is 2. The highest BCUT2D eigenvalue weighted by molar-refractivity contribution is 6.32. The zero-order chi connectivity index (χ0) is 26.6. The van der Waals surface area contributed by atoms with Gasteiger partial charge in [0.25, 0.3) is 5.91 Å². The normalized spacial score (nSPS) is 19.9. The number of halogens is 1. The molecule has 3 aliphatic heterocycles. The summed E-state index contributed by atoms with van der Waals surface area (Å²) < 4.78 is 11.3. The number of nitrogens with one attached hydrogen (secondary N) is 1. The lowest BCUT2D eigenvalue weighted by Crippen LogP contribution is -2.49. The Labute approximate surface area is 227 Å². The first kappa shape index (κ1) is 26.4. The van der Waals surface area contributed by atoms with E-state index in [0.717, 1.165) is 44.0 Å². The largest absolute Gasteiger partial charge is 0.491 e. The minimum Gasteiger partial charge on any atom is -0.491 e. The quantitative estimate of drug-likeness (QED) is 0.492. The molecule has 0 saturated carbocycles. The van der Waals surface area contributed by atoms with Gasteiger partial charge >= 0.3 is 0 Å². The Bertz CT molecular complexity index is 1260. The number of hydrogen-bond acceptors (Lipinski definition) is 6. The molecule has 9 heteroatoms. The van der Waals surface area contributed by atoms with Gasteiger partial charge in [-0.3, -0.25) is 19.3 Å². The number of hydrogen-bond donors (Lipinski definition) is 1. The van der Waals surface area contributed by atoms with Crippen molar-refractivity contribution in [2.45, 2.75) is 38.3 Å². The molecular formula is C29H32ClN3O5. The summed E-state index contributed by atoms with van der Waals surface area (Å²) in [4.78, 5) is 42.2. The average Bonchev–Trinajstić information content (AvgIpc) is 3.24. The van der Waals surface area contributed by atoms with E-state index in [1.165, 1.54) is 0 Å². The summed E-state index contributed by atoms with van der Waals surface area (Å²) in [6, 6.07) is 10.3. The molecule has 0 bridgehead atoms. The number of carbonyl (C=O) groups excluding carboxylic acids is 3. The lowest BCUT2D eigenvalue weighted by atomic mass is 9.99. The second-order valence-electron chi connectivity index (χ2n) is 9.94. The molecule has 1 N–H and O–H groups in total. The number of ether oxygens (including phenoxy) is 2. The Kier molecular flexibility index (Phi) is 8.12. The van der Waals surface area contributed by atoms with E-state index in [0.29, 0.717) is 66.4 Å². The molecule has 0 aliphatic carbocycles. The monoisotopic (exact) mass is 537 g/mol. The number of nitrogens with zero attached hydrogens (tertiary/aromatic N) is 2. The summed E-state index contributed by atoms with van der Waals surface area (Å²) in [5, 5.41) is 3.24. The first-order valence-electron chi connectivity index (χ1n) is 13.1. The maximum absolute atomic E-state index is 13.0. The minimum atomic E-state index is -0.486. The highest BCUT2D eigenvalue weighted by atomic mass is 35.5. The summed E-state index contributed by atoms with van der Waals surface area (Å²) in [6.45, 7) is 8.70. The molecule has 3 heterocycles. The van der Waals surface area contributed by atoms with Crippen molar-refractivity contribution in [1.29, 1.82) is 0 Å². The molecule has 5 rings (SSSR count). The lowest BCUT2D eigenvalue weighted by molar-refractivity contribution is -0.126. The van der Waals surface area contributed by atoms with Gasteiger partial charge in [-0.05, 0) is 54.7 Å². The number of Topliss-reactive ketones (excluding diaryl/α,β-unsaturated/α-hetero) is 1. The number of piperidine rings is 1. The first-order valence-corrected chi connectivity index (χ1v) is 13.4. The third kappa shape index (κ3) is 5.93. The molecule has 1 unspecified atom stereocenters. The highest BCUT2D eigenvalue weighted by Gasteiger charge is 2.38. The van der Waals surface area contributed by atoms with Crippen LogP contribution in [0.1, 0.15) is 51.1 Å². The Hall–Kier alpha value is -3.20. The molecule has 1 atom stereocenters. The fraction of sp³-hybridized carbons (Fsp3) is 0.414. The van der Waals surface area contributed by atoms with Gasteiger partial charge in [-0.25, -0.2) is 0 Å². The van der Waals surface area contributed by atoms with E-state index < -0.39 is 6.04 Å². The van der Waals surface area contributed by atoms with E-state index in [4.69, 9.17) is 21.1 Å². The van der Waals surface area contributed by atoms with Gasteiger partial charge in [-0.1, -0.05) is 30.3 Å². The highest BCUT2D eigenvalue weighted by Crippen LogP contribution is 2.30. The van der Waals surface area contributed by atoms with Gasteiger partial charge in [0, 0.05) is 49.4 Å². The van der Waals surface area contributed by atoms with Gasteiger partial charge in [0.15, 0.2) is 5.78 Å². The van der Waals surface area contributed by atoms with Gasteiger partial charge in [0.1, 0.15) is 18.4 Å². The Morgan fingerprint density at radius 1 is 1.16 bits per heavy atom. The molecule has 2 saturated heterocycles. The number of benzene rings is 2. The fourth-order valence-corrected chi connectivity index (χ4v) is 5.33. The summed E-state index contributed by atoms with van der Waals surface area (Å²) in [5.74, 6) is 0.201. The summed E-state index contributed by atoms with van der Waals surface area (Å²) in [7, 11) is 0. The number of rotatable bonds is 9. The summed E-state index contributed by atoms with van der Waals surface area (Å²) >= 11 is 6.31. The molecule has 3 aliphatic rings. The van der Waals surface area contributed by atoms with Crippen molar-refractivity contribution < 1.29 is 23.9 Å². The molecular weight excluding hydrogens is 506 g/mol. The molecule has 2 fully saturated rings. The van der Waals surface area contributed by atoms with Crippen molar-refractivity contribution in [1.82, 2.24) is 15.1 Å². The van der Waals surface area contributed by atoms with Crippen LogP contribution in [-0.2, 0) is 22.5 Å². The van der Waals surface area contributed by atoms with Gasteiger partial charge in [-0.2, -0.15) is 0 Å². The summed E-state index contributed by atoms with van der Waals surface area (Å²) in [6.07, 6.45) is 2.10. The van der Waals surface area contributed by atoms with Crippen molar-refractivity contribution in [2.75, 3.05) is 39.5 Å². The van der Waals surface area contributed by atoms with Crippen molar-refractivity contribution >= 4 is 29.2 Å². The van der Waals surface area contributed by atoms with Crippen molar-refractivity contribution in [2.24, 2.45) is 0 Å². The molecule has 0 aromatic heterocycles. The molecule has 0 spiro atoms. The Morgan fingerprint density at radius 2 is 1.97 bits per heavy atom. The zero-order valence-electron chi connectivity index (χ0n) is 21.3. The van der Waals surface area contributed by atoms with Gasteiger partial charge < -0.3 is 19.7 Å².